The lowest BCUT2D eigenvalue weighted by Gasteiger charge is -2.16. The summed E-state index contributed by atoms with van der Waals surface area (Å²) in [5.74, 6) is 0.873. The number of esters is 1. The molecule has 1 aliphatic rings. The summed E-state index contributed by atoms with van der Waals surface area (Å²) in [6.07, 6.45) is 4.63. The molecule has 0 saturated carbocycles. The molecular weight excluding hydrogens is 418 g/mol. The maximum absolute atomic E-state index is 13.0. The molecule has 4 rings (SSSR count). The van der Waals surface area contributed by atoms with Crippen molar-refractivity contribution in [2.24, 2.45) is 5.92 Å². The number of rotatable bonds is 10. The van der Waals surface area contributed by atoms with E-state index < -0.39 is 5.97 Å². The molecule has 1 fully saturated rings. The van der Waals surface area contributed by atoms with Crippen LogP contribution in [-0.4, -0.2) is 53.9 Å². The molecule has 33 heavy (non-hydrogen) atoms. The second-order valence-electron chi connectivity index (χ2n) is 8.75. The van der Waals surface area contributed by atoms with Crippen molar-refractivity contribution in [1.82, 2.24) is 4.90 Å². The van der Waals surface area contributed by atoms with Crippen LogP contribution in [0.4, 0.5) is 0 Å². The van der Waals surface area contributed by atoms with Gasteiger partial charge in [-0.15, -0.1) is 0 Å². The van der Waals surface area contributed by atoms with Gasteiger partial charge in [-0.1, -0.05) is 30.3 Å². The van der Waals surface area contributed by atoms with Gasteiger partial charge in [0.05, 0.1) is 6.61 Å². The number of ether oxygens (including phenoxy) is 1. The minimum Gasteiger partial charge on any atom is -0.508 e. The van der Waals surface area contributed by atoms with E-state index in [1.54, 1.807) is 19.1 Å². The Morgan fingerprint density at radius 1 is 1.18 bits per heavy atom. The van der Waals surface area contributed by atoms with Gasteiger partial charge in [0.2, 0.25) is 0 Å². The lowest BCUT2D eigenvalue weighted by atomic mass is 9.98. The number of carbonyl (C=O) groups excluding carboxylic acids is 1. The summed E-state index contributed by atoms with van der Waals surface area (Å²) in [5.41, 5.74) is 2.50. The summed E-state index contributed by atoms with van der Waals surface area (Å²) >= 11 is 0. The molecule has 6 nitrogen and oxygen atoms in total. The molecule has 1 aromatic heterocycles. The summed E-state index contributed by atoms with van der Waals surface area (Å²) in [5, 5.41) is 20.4. The standard InChI is InChI=1S/C27H33NO5/c1-2-32-27(31)25-24-21(11-6-15-28-16-14-19(18-28)8-7-17-29)22(30)12-13-23(24)33-26(25)20-9-4-3-5-10-20/h3-5,9-10,12-13,19,29-30H,2,6-8,11,14-18H2,1H3. The largest absolute Gasteiger partial charge is 0.508 e. The van der Waals surface area contributed by atoms with Gasteiger partial charge >= 0.3 is 5.97 Å². The Bertz CT molecular complexity index is 1080. The highest BCUT2D eigenvalue weighted by Gasteiger charge is 2.27. The van der Waals surface area contributed by atoms with Crippen molar-refractivity contribution in [2.45, 2.75) is 39.0 Å². The fourth-order valence-corrected chi connectivity index (χ4v) is 4.90. The van der Waals surface area contributed by atoms with Gasteiger partial charge in [-0.3, -0.25) is 0 Å². The number of fused-ring (bicyclic) bond motifs is 1. The Morgan fingerprint density at radius 2 is 2.00 bits per heavy atom. The van der Waals surface area contributed by atoms with Crippen LogP contribution in [-0.2, 0) is 11.2 Å². The van der Waals surface area contributed by atoms with E-state index in [0.29, 0.717) is 34.6 Å². The average molecular weight is 452 g/mol. The molecule has 1 aliphatic heterocycles. The lowest BCUT2D eigenvalue weighted by Crippen LogP contribution is -2.22. The molecule has 3 aromatic rings. The first-order chi connectivity index (χ1) is 16.1. The molecule has 0 amide bonds. The average Bonchev–Trinajstić information content (AvgIpc) is 3.44. The summed E-state index contributed by atoms with van der Waals surface area (Å²) in [4.78, 5) is 15.4. The summed E-state index contributed by atoms with van der Waals surface area (Å²) < 4.78 is 11.5. The maximum Gasteiger partial charge on any atom is 0.342 e. The van der Waals surface area contributed by atoms with Crippen molar-refractivity contribution >= 4 is 16.9 Å². The second kappa shape index (κ2) is 10.9. The SMILES string of the molecule is CCOC(=O)c1c(-c2ccccc2)oc2ccc(O)c(CCCN3CCC(CCCO)C3)c12. The number of likely N-dealkylation sites (tertiary alicyclic amines) is 1. The van der Waals surface area contributed by atoms with Gasteiger partial charge in [-0.05, 0) is 70.2 Å². The highest BCUT2D eigenvalue weighted by molar-refractivity contribution is 6.10. The van der Waals surface area contributed by atoms with Crippen molar-refractivity contribution < 1.29 is 24.2 Å². The normalized spacial score (nSPS) is 16.5. The number of aryl methyl sites for hydroxylation is 1. The molecule has 0 spiro atoms. The van der Waals surface area contributed by atoms with E-state index in [1.807, 2.05) is 30.3 Å². The van der Waals surface area contributed by atoms with Crippen LogP contribution in [0.25, 0.3) is 22.3 Å². The topological polar surface area (TPSA) is 83.1 Å². The van der Waals surface area contributed by atoms with Crippen LogP contribution in [0.15, 0.2) is 46.9 Å². The van der Waals surface area contributed by atoms with E-state index >= 15 is 0 Å². The first-order valence-electron chi connectivity index (χ1n) is 12.0. The van der Waals surface area contributed by atoms with Gasteiger partial charge in [0.25, 0.3) is 0 Å². The zero-order chi connectivity index (χ0) is 23.2. The van der Waals surface area contributed by atoms with E-state index in [1.165, 1.54) is 6.42 Å². The smallest absolute Gasteiger partial charge is 0.342 e. The quantitative estimate of drug-likeness (QED) is 0.422. The minimum atomic E-state index is -0.437. The third-order valence-electron chi connectivity index (χ3n) is 6.50. The number of furan rings is 1. The molecule has 1 unspecified atom stereocenters. The zero-order valence-electron chi connectivity index (χ0n) is 19.3. The Labute approximate surface area is 194 Å². The predicted molar refractivity (Wildman–Crippen MR) is 128 cm³/mol. The third-order valence-corrected chi connectivity index (χ3v) is 6.50. The van der Waals surface area contributed by atoms with Crippen molar-refractivity contribution in [2.75, 3.05) is 32.8 Å². The van der Waals surface area contributed by atoms with Crippen molar-refractivity contribution in [3.63, 3.8) is 0 Å². The number of aromatic hydroxyl groups is 1. The van der Waals surface area contributed by atoms with Crippen LogP contribution in [0.1, 0.15) is 48.5 Å². The first-order valence-corrected chi connectivity index (χ1v) is 12.0. The minimum absolute atomic E-state index is 0.177. The van der Waals surface area contributed by atoms with Crippen LogP contribution in [0.3, 0.4) is 0 Å². The number of aliphatic hydroxyl groups excluding tert-OH is 1. The Hall–Kier alpha value is -2.83. The van der Waals surface area contributed by atoms with Crippen LogP contribution in [0, 0.1) is 5.92 Å². The molecule has 1 atom stereocenters. The van der Waals surface area contributed by atoms with Crippen LogP contribution in [0.2, 0.25) is 0 Å². The van der Waals surface area contributed by atoms with Crippen LogP contribution < -0.4 is 0 Å². The fraction of sp³-hybridized carbons (Fsp3) is 0.444. The molecule has 0 aliphatic carbocycles. The van der Waals surface area contributed by atoms with Gasteiger partial charge in [0.1, 0.15) is 22.7 Å². The maximum atomic E-state index is 13.0. The molecule has 1 saturated heterocycles. The van der Waals surface area contributed by atoms with Gasteiger partial charge in [0.15, 0.2) is 0 Å². The van der Waals surface area contributed by atoms with Gasteiger partial charge in [-0.2, -0.15) is 0 Å². The molecule has 6 heteroatoms. The molecule has 0 bridgehead atoms. The molecule has 2 N–H and O–H groups in total. The fourth-order valence-electron chi connectivity index (χ4n) is 4.90. The van der Waals surface area contributed by atoms with Crippen molar-refractivity contribution in [3.05, 3.63) is 53.6 Å². The van der Waals surface area contributed by atoms with Crippen LogP contribution >= 0.6 is 0 Å². The van der Waals surface area contributed by atoms with E-state index in [2.05, 4.69) is 4.90 Å². The summed E-state index contributed by atoms with van der Waals surface area (Å²) in [7, 11) is 0. The number of hydrogen-bond donors (Lipinski definition) is 2. The Morgan fingerprint density at radius 3 is 2.76 bits per heavy atom. The number of benzene rings is 2. The van der Waals surface area contributed by atoms with E-state index in [9.17, 15) is 9.90 Å². The summed E-state index contributed by atoms with van der Waals surface area (Å²) in [6.45, 7) is 5.38. The monoisotopic (exact) mass is 451 g/mol. The van der Waals surface area contributed by atoms with E-state index in [0.717, 1.165) is 50.0 Å². The van der Waals surface area contributed by atoms with Gasteiger partial charge < -0.3 is 24.3 Å². The van der Waals surface area contributed by atoms with Gasteiger partial charge in [-0.25, -0.2) is 4.79 Å². The number of phenols is 1. The van der Waals surface area contributed by atoms with E-state index in [-0.39, 0.29) is 19.0 Å². The molecule has 0 radical (unpaired) electrons. The Kier molecular flexibility index (Phi) is 7.68. The van der Waals surface area contributed by atoms with Crippen molar-refractivity contribution in [1.29, 1.82) is 0 Å². The van der Waals surface area contributed by atoms with E-state index in [4.69, 9.17) is 14.3 Å². The number of phenolic OH excluding ortho intramolecular Hbond substituents is 1. The molecular formula is C27H33NO5. The van der Waals surface area contributed by atoms with Gasteiger partial charge in [0, 0.05) is 29.7 Å². The number of nitrogens with zero attached hydrogens (tertiary/aromatic N) is 1. The Balaban J connectivity index is 1.60. The second-order valence-corrected chi connectivity index (χ2v) is 8.75. The molecule has 176 valence electrons. The number of aliphatic hydroxyl groups is 1. The summed E-state index contributed by atoms with van der Waals surface area (Å²) in [6, 6.07) is 12.9. The first kappa shape index (κ1) is 23.3. The van der Waals surface area contributed by atoms with Crippen molar-refractivity contribution in [3.8, 4) is 17.1 Å². The molecule has 2 heterocycles. The lowest BCUT2D eigenvalue weighted by molar-refractivity contribution is 0.0528. The third kappa shape index (κ3) is 5.23. The number of carbonyl (C=O) groups is 1. The van der Waals surface area contributed by atoms with Crippen LogP contribution in [0.5, 0.6) is 5.75 Å². The molecule has 2 aromatic carbocycles. The zero-order valence-corrected chi connectivity index (χ0v) is 19.3. The highest BCUT2D eigenvalue weighted by atomic mass is 16.5. The highest BCUT2D eigenvalue weighted by Crippen LogP contribution is 2.39. The number of hydrogen-bond acceptors (Lipinski definition) is 6. The predicted octanol–water partition coefficient (Wildman–Crippen LogP) is 5.01.